The molecule has 0 rings (SSSR count). The molecule has 1 nitrogen and oxygen atoms in total. The number of halogens is 2. The maximum Gasteiger partial charge on any atom is 0.140 e. The normalized spacial score (nSPS) is 15.8. The summed E-state index contributed by atoms with van der Waals surface area (Å²) in [6, 6.07) is 0. The molecule has 54 valence electrons. The van der Waals surface area contributed by atoms with Crippen LogP contribution in [0.1, 0.15) is 13.8 Å². The molecule has 0 radical (unpaired) electrons. The lowest BCUT2D eigenvalue weighted by Crippen LogP contribution is -2.07. The summed E-state index contributed by atoms with van der Waals surface area (Å²) in [6.45, 7) is 3.91. The first-order valence-electron chi connectivity index (χ1n) is 2.79. The average molecular weight is 153 g/mol. The highest BCUT2D eigenvalue weighted by Crippen LogP contribution is 2.08. The second-order valence-corrected chi connectivity index (χ2v) is 1.81. The van der Waals surface area contributed by atoms with Crippen molar-refractivity contribution in [3.8, 4) is 0 Å². The molecule has 0 saturated carbocycles. The Kier molecular flexibility index (Phi) is 4.72. The Morgan fingerprint density at radius 2 is 2.44 bits per heavy atom. The second kappa shape index (κ2) is 4.77. The molecule has 0 aromatic heterocycles. The van der Waals surface area contributed by atoms with E-state index in [9.17, 15) is 4.39 Å². The Morgan fingerprint density at radius 3 is 2.78 bits per heavy atom. The molecule has 0 aliphatic rings. The first-order chi connectivity index (χ1) is 4.22. The van der Waals surface area contributed by atoms with E-state index >= 15 is 0 Å². The van der Waals surface area contributed by atoms with Gasteiger partial charge in [-0.2, -0.15) is 0 Å². The zero-order valence-corrected chi connectivity index (χ0v) is 6.28. The van der Waals surface area contributed by atoms with E-state index in [1.807, 2.05) is 0 Å². The van der Waals surface area contributed by atoms with E-state index in [0.29, 0.717) is 6.61 Å². The molecule has 0 aliphatic heterocycles. The quantitative estimate of drug-likeness (QED) is 0.604. The summed E-state index contributed by atoms with van der Waals surface area (Å²) in [4.78, 5) is 0. The maximum atomic E-state index is 12.3. The third-order valence-corrected chi connectivity index (χ3v) is 1.12. The van der Waals surface area contributed by atoms with Crippen molar-refractivity contribution >= 4 is 11.6 Å². The summed E-state index contributed by atoms with van der Waals surface area (Å²) in [5.74, 6) is -0.432. The van der Waals surface area contributed by atoms with Gasteiger partial charge in [-0.25, -0.2) is 4.39 Å². The predicted octanol–water partition coefficient (Wildman–Crippen LogP) is 2.46. The smallest absolute Gasteiger partial charge is 0.140 e. The van der Waals surface area contributed by atoms with Crippen molar-refractivity contribution in [2.75, 3.05) is 6.61 Å². The molecule has 0 spiro atoms. The molecule has 0 N–H and O–H groups in total. The number of rotatable bonds is 3. The van der Waals surface area contributed by atoms with Crippen molar-refractivity contribution in [3.63, 3.8) is 0 Å². The summed E-state index contributed by atoms with van der Waals surface area (Å²) in [5.41, 5.74) is 0.889. The molecule has 0 amide bonds. The van der Waals surface area contributed by atoms with Crippen LogP contribution in [-0.4, -0.2) is 12.7 Å². The molecule has 1 atom stereocenters. The Hall–Kier alpha value is -0.0800. The molecule has 3 heteroatoms. The number of hydrogen-bond acceptors (Lipinski definition) is 1. The van der Waals surface area contributed by atoms with Crippen LogP contribution in [0.2, 0.25) is 0 Å². The third-order valence-electron chi connectivity index (χ3n) is 0.909. The molecule has 0 aromatic carbocycles. The first-order valence-corrected chi connectivity index (χ1v) is 3.23. The average Bonchev–Trinajstić information content (AvgIpc) is 1.87. The molecule has 0 saturated heterocycles. The molecule has 0 aliphatic carbocycles. The molecule has 9 heavy (non-hydrogen) atoms. The topological polar surface area (TPSA) is 9.23 Å². The van der Waals surface area contributed by atoms with Crippen LogP contribution in [0, 0.1) is 0 Å². The van der Waals surface area contributed by atoms with Gasteiger partial charge in [0.15, 0.2) is 0 Å². The van der Waals surface area contributed by atoms with Gasteiger partial charge in [0.2, 0.25) is 0 Å². The Balaban J connectivity index is 3.59. The Labute approximate surface area is 59.5 Å². The molecule has 0 fully saturated rings. The van der Waals surface area contributed by atoms with E-state index in [4.69, 9.17) is 16.3 Å². The van der Waals surface area contributed by atoms with E-state index in [0.717, 1.165) is 5.54 Å². The minimum atomic E-state index is -0.507. The van der Waals surface area contributed by atoms with Crippen molar-refractivity contribution in [1.29, 1.82) is 0 Å². The van der Waals surface area contributed by atoms with Crippen molar-refractivity contribution in [1.82, 2.24) is 0 Å². The van der Waals surface area contributed by atoms with Gasteiger partial charge in [-0.05, 0) is 13.8 Å². The van der Waals surface area contributed by atoms with Crippen LogP contribution in [0.3, 0.4) is 0 Å². The highest BCUT2D eigenvalue weighted by molar-refractivity contribution is 6.25. The fourth-order valence-electron chi connectivity index (χ4n) is 0.418. The Bertz CT molecular complexity index is 103. The van der Waals surface area contributed by atoms with Gasteiger partial charge in [-0.1, -0.05) is 11.6 Å². The van der Waals surface area contributed by atoms with Gasteiger partial charge in [0.05, 0.1) is 0 Å². The Morgan fingerprint density at radius 1 is 1.89 bits per heavy atom. The third kappa shape index (κ3) is 3.49. The maximum absolute atomic E-state index is 12.3. The molecule has 0 bridgehead atoms. The molecule has 0 aromatic rings. The molecule has 1 unspecified atom stereocenters. The van der Waals surface area contributed by atoms with Crippen LogP contribution in [-0.2, 0) is 4.74 Å². The fraction of sp³-hybridized carbons (Fsp3) is 0.667. The molecular weight excluding hydrogens is 143 g/mol. The summed E-state index contributed by atoms with van der Waals surface area (Å²) in [6.07, 6.45) is -0.507. The van der Waals surface area contributed by atoms with E-state index < -0.39 is 11.9 Å². The van der Waals surface area contributed by atoms with Crippen molar-refractivity contribution in [2.24, 2.45) is 0 Å². The summed E-state index contributed by atoms with van der Waals surface area (Å²) >= 11 is 5.07. The number of hydrogen-bond donors (Lipinski definition) is 0. The zero-order valence-electron chi connectivity index (χ0n) is 5.53. The van der Waals surface area contributed by atoms with Crippen LogP contribution >= 0.6 is 11.6 Å². The first kappa shape index (κ1) is 8.92. The summed E-state index contributed by atoms with van der Waals surface area (Å²) in [5, 5.41) is 0. The lowest BCUT2D eigenvalue weighted by Gasteiger charge is -2.06. The standard InChI is InChI=1S/C6H10ClFO/c1-3-9-5(2)6(8)4-7/h4-5H,3H2,1-2H3/b6-4+. The molecular formula is C6H10ClFO. The van der Waals surface area contributed by atoms with Gasteiger partial charge >= 0.3 is 0 Å². The minimum Gasteiger partial charge on any atom is -0.372 e. The summed E-state index contributed by atoms with van der Waals surface area (Å²) in [7, 11) is 0. The van der Waals surface area contributed by atoms with Crippen LogP contribution in [0.25, 0.3) is 0 Å². The fourth-order valence-corrected chi connectivity index (χ4v) is 0.596. The highest BCUT2D eigenvalue weighted by atomic mass is 35.5. The monoisotopic (exact) mass is 152 g/mol. The highest BCUT2D eigenvalue weighted by Gasteiger charge is 2.05. The van der Waals surface area contributed by atoms with Crippen molar-refractivity contribution < 1.29 is 9.13 Å². The van der Waals surface area contributed by atoms with Gasteiger partial charge in [-0.3, -0.25) is 0 Å². The van der Waals surface area contributed by atoms with Crippen LogP contribution < -0.4 is 0 Å². The van der Waals surface area contributed by atoms with Crippen LogP contribution in [0.15, 0.2) is 11.4 Å². The SMILES string of the molecule is CCOC(C)/C(F)=C\Cl. The van der Waals surface area contributed by atoms with E-state index in [-0.39, 0.29) is 0 Å². The van der Waals surface area contributed by atoms with Crippen LogP contribution in [0.5, 0.6) is 0 Å². The lowest BCUT2D eigenvalue weighted by molar-refractivity contribution is 0.0857. The minimum absolute atomic E-state index is 0.432. The summed E-state index contributed by atoms with van der Waals surface area (Å²) < 4.78 is 17.2. The predicted molar refractivity (Wildman–Crippen MR) is 36.1 cm³/mol. The van der Waals surface area contributed by atoms with Gasteiger partial charge < -0.3 is 4.74 Å². The van der Waals surface area contributed by atoms with E-state index in [2.05, 4.69) is 0 Å². The second-order valence-electron chi connectivity index (χ2n) is 1.59. The number of ether oxygens (including phenoxy) is 1. The van der Waals surface area contributed by atoms with Crippen molar-refractivity contribution in [3.05, 3.63) is 11.4 Å². The van der Waals surface area contributed by atoms with E-state index in [1.54, 1.807) is 13.8 Å². The van der Waals surface area contributed by atoms with Gasteiger partial charge in [-0.15, -0.1) is 0 Å². The van der Waals surface area contributed by atoms with Gasteiger partial charge in [0.1, 0.15) is 11.9 Å². The lowest BCUT2D eigenvalue weighted by atomic mass is 10.4. The van der Waals surface area contributed by atoms with Crippen molar-refractivity contribution in [2.45, 2.75) is 20.0 Å². The molecule has 0 heterocycles. The van der Waals surface area contributed by atoms with E-state index in [1.165, 1.54) is 0 Å². The van der Waals surface area contributed by atoms with Gasteiger partial charge in [0.25, 0.3) is 0 Å². The van der Waals surface area contributed by atoms with Crippen LogP contribution in [0.4, 0.5) is 4.39 Å². The largest absolute Gasteiger partial charge is 0.372 e. The zero-order chi connectivity index (χ0) is 7.28. The van der Waals surface area contributed by atoms with Gasteiger partial charge in [0, 0.05) is 12.1 Å².